The predicted octanol–water partition coefficient (Wildman–Crippen LogP) is 3.27. The van der Waals surface area contributed by atoms with Gasteiger partial charge in [-0.1, -0.05) is 11.6 Å². The quantitative estimate of drug-likeness (QED) is 0.645. The number of H-pyrrole nitrogens is 1. The summed E-state index contributed by atoms with van der Waals surface area (Å²) in [6, 6.07) is 3.12. The lowest BCUT2D eigenvalue weighted by Gasteiger charge is -1.97. The molecule has 0 saturated carbocycles. The van der Waals surface area contributed by atoms with E-state index >= 15 is 0 Å². The average molecular weight is 184 g/mol. The zero-order chi connectivity index (χ0) is 8.72. The molecule has 1 aromatic heterocycles. The second kappa shape index (κ2) is 2.49. The van der Waals surface area contributed by atoms with Crippen LogP contribution in [0.15, 0.2) is 18.3 Å². The van der Waals surface area contributed by atoms with Crippen LogP contribution in [0.5, 0.6) is 0 Å². The number of aryl methyl sites for hydroxylation is 1. The number of aromatic nitrogens is 1. The van der Waals surface area contributed by atoms with Crippen LogP contribution < -0.4 is 0 Å². The molecule has 3 heteroatoms. The third kappa shape index (κ3) is 0.916. The van der Waals surface area contributed by atoms with E-state index in [4.69, 9.17) is 11.6 Å². The molecule has 0 aliphatic carbocycles. The fraction of sp³-hybridized carbons (Fsp3) is 0.111. The highest BCUT2D eigenvalue weighted by Gasteiger charge is 2.07. The van der Waals surface area contributed by atoms with Crippen LogP contribution >= 0.6 is 11.6 Å². The van der Waals surface area contributed by atoms with Gasteiger partial charge < -0.3 is 4.98 Å². The SMILES string of the molecule is Cc1c(F)ccc2[nH]cc(Cl)c12. The Balaban J connectivity index is 2.96. The minimum atomic E-state index is -0.219. The molecule has 1 nitrogen and oxygen atoms in total. The smallest absolute Gasteiger partial charge is 0.126 e. The van der Waals surface area contributed by atoms with Crippen molar-refractivity contribution >= 4 is 22.5 Å². The molecule has 0 unspecified atom stereocenters. The van der Waals surface area contributed by atoms with E-state index in [0.717, 1.165) is 10.9 Å². The first-order chi connectivity index (χ1) is 5.70. The van der Waals surface area contributed by atoms with Gasteiger partial charge in [0.2, 0.25) is 0 Å². The van der Waals surface area contributed by atoms with Crippen LogP contribution in [-0.2, 0) is 0 Å². The third-order valence-electron chi connectivity index (χ3n) is 1.99. The molecule has 1 heterocycles. The summed E-state index contributed by atoms with van der Waals surface area (Å²) < 4.78 is 13.0. The Morgan fingerprint density at radius 3 is 2.92 bits per heavy atom. The Bertz CT molecular complexity index is 433. The number of hydrogen-bond donors (Lipinski definition) is 1. The molecule has 0 atom stereocenters. The Morgan fingerprint density at radius 2 is 2.17 bits per heavy atom. The van der Waals surface area contributed by atoms with Gasteiger partial charge in [0, 0.05) is 17.1 Å². The largest absolute Gasteiger partial charge is 0.360 e. The molecular formula is C9H7ClFN. The first kappa shape index (κ1) is 7.62. The third-order valence-corrected chi connectivity index (χ3v) is 2.29. The Morgan fingerprint density at radius 1 is 1.42 bits per heavy atom. The second-order valence-corrected chi connectivity index (χ2v) is 3.14. The normalized spacial score (nSPS) is 10.9. The molecule has 1 aromatic carbocycles. The van der Waals surface area contributed by atoms with Crippen LogP contribution in [0.3, 0.4) is 0 Å². The molecule has 1 N–H and O–H groups in total. The molecule has 2 aromatic rings. The highest BCUT2D eigenvalue weighted by molar-refractivity contribution is 6.35. The number of aromatic amines is 1. The van der Waals surface area contributed by atoms with Gasteiger partial charge in [0.25, 0.3) is 0 Å². The molecule has 0 saturated heterocycles. The lowest BCUT2D eigenvalue weighted by molar-refractivity contribution is 0.621. The number of rotatable bonds is 0. The van der Waals surface area contributed by atoms with Crippen molar-refractivity contribution in [1.29, 1.82) is 0 Å². The summed E-state index contributed by atoms with van der Waals surface area (Å²) >= 11 is 5.85. The molecule has 0 aliphatic heterocycles. The van der Waals surface area contributed by atoms with E-state index in [9.17, 15) is 4.39 Å². The van der Waals surface area contributed by atoms with E-state index in [1.807, 2.05) is 0 Å². The zero-order valence-electron chi connectivity index (χ0n) is 6.49. The molecule has 2 rings (SSSR count). The van der Waals surface area contributed by atoms with Crippen molar-refractivity contribution in [2.75, 3.05) is 0 Å². The van der Waals surface area contributed by atoms with Gasteiger partial charge in [-0.15, -0.1) is 0 Å². The predicted molar refractivity (Wildman–Crippen MR) is 48.0 cm³/mol. The summed E-state index contributed by atoms with van der Waals surface area (Å²) in [5.74, 6) is -0.219. The minimum absolute atomic E-state index is 0.219. The van der Waals surface area contributed by atoms with Crippen LogP contribution in [0.2, 0.25) is 5.02 Å². The van der Waals surface area contributed by atoms with E-state index in [0.29, 0.717) is 10.6 Å². The second-order valence-electron chi connectivity index (χ2n) is 2.73. The van der Waals surface area contributed by atoms with Crippen molar-refractivity contribution in [2.45, 2.75) is 6.92 Å². The van der Waals surface area contributed by atoms with Crippen molar-refractivity contribution in [3.05, 3.63) is 34.7 Å². The monoisotopic (exact) mass is 183 g/mol. The number of benzene rings is 1. The van der Waals surface area contributed by atoms with Crippen molar-refractivity contribution < 1.29 is 4.39 Å². The Labute approximate surface area is 74.2 Å². The summed E-state index contributed by atoms with van der Waals surface area (Å²) in [7, 11) is 0. The first-order valence-electron chi connectivity index (χ1n) is 3.62. The lowest BCUT2D eigenvalue weighted by atomic mass is 10.1. The summed E-state index contributed by atoms with van der Waals surface area (Å²) in [5.41, 5.74) is 1.47. The maximum Gasteiger partial charge on any atom is 0.126 e. The molecule has 0 aliphatic rings. The number of hydrogen-bond acceptors (Lipinski definition) is 0. The van der Waals surface area contributed by atoms with Gasteiger partial charge in [-0.2, -0.15) is 0 Å². The van der Waals surface area contributed by atoms with Crippen LogP contribution in [0.4, 0.5) is 4.39 Å². The average Bonchev–Trinajstić information content (AvgIpc) is 2.41. The van der Waals surface area contributed by atoms with Crippen LogP contribution in [0.25, 0.3) is 10.9 Å². The molecular weight excluding hydrogens is 177 g/mol. The van der Waals surface area contributed by atoms with E-state index in [1.54, 1.807) is 19.2 Å². The van der Waals surface area contributed by atoms with Crippen molar-refractivity contribution in [3.8, 4) is 0 Å². The molecule has 0 bridgehead atoms. The van der Waals surface area contributed by atoms with Gasteiger partial charge in [0.15, 0.2) is 0 Å². The van der Waals surface area contributed by atoms with Crippen molar-refractivity contribution in [1.82, 2.24) is 4.98 Å². The van der Waals surface area contributed by atoms with Gasteiger partial charge in [-0.05, 0) is 24.6 Å². The number of fused-ring (bicyclic) bond motifs is 1. The molecule has 0 radical (unpaired) electrons. The molecule has 0 fully saturated rings. The molecule has 62 valence electrons. The van der Waals surface area contributed by atoms with Gasteiger partial charge in [0.1, 0.15) is 5.82 Å². The fourth-order valence-corrected chi connectivity index (χ4v) is 1.63. The summed E-state index contributed by atoms with van der Waals surface area (Å²) in [6.07, 6.45) is 1.67. The lowest BCUT2D eigenvalue weighted by Crippen LogP contribution is -1.81. The Kier molecular flexibility index (Phi) is 1.58. The number of halogens is 2. The fourth-order valence-electron chi connectivity index (χ4n) is 1.33. The minimum Gasteiger partial charge on any atom is -0.360 e. The van der Waals surface area contributed by atoms with Crippen LogP contribution in [0, 0.1) is 12.7 Å². The molecule has 0 amide bonds. The molecule has 12 heavy (non-hydrogen) atoms. The summed E-state index contributed by atoms with van der Waals surface area (Å²) in [5, 5.41) is 1.35. The van der Waals surface area contributed by atoms with E-state index in [2.05, 4.69) is 4.98 Å². The van der Waals surface area contributed by atoms with Crippen molar-refractivity contribution in [3.63, 3.8) is 0 Å². The number of nitrogens with one attached hydrogen (secondary N) is 1. The maximum atomic E-state index is 13.0. The summed E-state index contributed by atoms with van der Waals surface area (Å²) in [6.45, 7) is 1.72. The summed E-state index contributed by atoms with van der Waals surface area (Å²) in [4.78, 5) is 2.96. The van der Waals surface area contributed by atoms with Crippen LogP contribution in [0.1, 0.15) is 5.56 Å². The highest BCUT2D eigenvalue weighted by atomic mass is 35.5. The standard InChI is InChI=1S/C9H7ClFN/c1-5-7(11)2-3-8-9(5)6(10)4-12-8/h2-4,12H,1H3. The van der Waals surface area contributed by atoms with Gasteiger partial charge in [-0.3, -0.25) is 0 Å². The van der Waals surface area contributed by atoms with Gasteiger partial charge >= 0.3 is 0 Å². The Hall–Kier alpha value is -1.02. The molecule has 0 spiro atoms. The van der Waals surface area contributed by atoms with Gasteiger partial charge in [0.05, 0.1) is 5.02 Å². The highest BCUT2D eigenvalue weighted by Crippen LogP contribution is 2.27. The first-order valence-corrected chi connectivity index (χ1v) is 3.99. The van der Waals surface area contributed by atoms with E-state index < -0.39 is 0 Å². The van der Waals surface area contributed by atoms with Gasteiger partial charge in [-0.25, -0.2) is 4.39 Å². The van der Waals surface area contributed by atoms with E-state index in [1.165, 1.54) is 6.07 Å². The van der Waals surface area contributed by atoms with Crippen LogP contribution in [-0.4, -0.2) is 4.98 Å². The zero-order valence-corrected chi connectivity index (χ0v) is 7.24. The topological polar surface area (TPSA) is 15.8 Å². The van der Waals surface area contributed by atoms with Crippen molar-refractivity contribution in [2.24, 2.45) is 0 Å². The maximum absolute atomic E-state index is 13.0. The van der Waals surface area contributed by atoms with E-state index in [-0.39, 0.29) is 5.82 Å².